The van der Waals surface area contributed by atoms with Crippen LogP contribution in [-0.4, -0.2) is 19.3 Å². The second-order valence-electron chi connectivity index (χ2n) is 4.09. The topological polar surface area (TPSA) is 78.0 Å². The molecule has 3 rings (SSSR count). The Kier molecular flexibility index (Phi) is 3.33. The van der Waals surface area contributed by atoms with Gasteiger partial charge in [0.25, 0.3) is 0 Å². The van der Waals surface area contributed by atoms with Gasteiger partial charge >= 0.3 is 0 Å². The van der Waals surface area contributed by atoms with E-state index in [1.165, 1.54) is 12.5 Å². The molecule has 1 unspecified atom stereocenters. The van der Waals surface area contributed by atoms with Gasteiger partial charge in [0.15, 0.2) is 11.0 Å². The fourth-order valence-electron chi connectivity index (χ4n) is 1.91. The van der Waals surface area contributed by atoms with Crippen molar-refractivity contribution in [1.29, 1.82) is 0 Å². The van der Waals surface area contributed by atoms with Gasteiger partial charge in [-0.2, -0.15) is 0 Å². The lowest BCUT2D eigenvalue weighted by atomic mass is 10.1. The van der Waals surface area contributed by atoms with Gasteiger partial charge in [-0.15, -0.1) is 0 Å². The quantitative estimate of drug-likeness (QED) is 0.651. The molecule has 1 atom stereocenters. The summed E-state index contributed by atoms with van der Waals surface area (Å²) < 4.78 is 15.0. The third-order valence-electron chi connectivity index (χ3n) is 2.85. The lowest BCUT2D eigenvalue weighted by molar-refractivity contribution is 0.482. The highest BCUT2D eigenvalue weighted by Crippen LogP contribution is 2.37. The predicted octanol–water partition coefficient (Wildman–Crippen LogP) is 3.06. The highest BCUT2D eigenvalue weighted by Gasteiger charge is 2.12. The fraction of sp³-hybridized carbons (Fsp3) is 0. The number of anilines is 1. The van der Waals surface area contributed by atoms with Crippen LogP contribution in [0.3, 0.4) is 0 Å². The number of H-pyrrole nitrogens is 1. The zero-order chi connectivity index (χ0) is 14.1. The van der Waals surface area contributed by atoms with Gasteiger partial charge in [0, 0.05) is 10.8 Å². The molecule has 0 saturated carbocycles. The molecule has 0 radical (unpaired) electrons. The number of nitrogens with one attached hydrogen (secondary N) is 2. The monoisotopic (exact) mass is 307 g/mol. The molecule has 3 aromatic rings. The van der Waals surface area contributed by atoms with Gasteiger partial charge in [0.05, 0.1) is 23.2 Å². The van der Waals surface area contributed by atoms with E-state index >= 15 is 0 Å². The van der Waals surface area contributed by atoms with E-state index in [1.54, 1.807) is 18.2 Å². The molecule has 0 bridgehead atoms. The zero-order valence-corrected chi connectivity index (χ0v) is 11.7. The van der Waals surface area contributed by atoms with Gasteiger partial charge in [0.1, 0.15) is 10.8 Å². The lowest BCUT2D eigenvalue weighted by Crippen LogP contribution is -2.05. The van der Waals surface area contributed by atoms with Gasteiger partial charge < -0.3 is 10.1 Å². The SMILES string of the molecule is O=S(Nc1cc(Cl)c(O)c2ccccc12)c1cnc[nH]1. The predicted molar refractivity (Wildman–Crippen MR) is 79.2 cm³/mol. The van der Waals surface area contributed by atoms with E-state index in [2.05, 4.69) is 14.7 Å². The minimum atomic E-state index is -1.48. The van der Waals surface area contributed by atoms with Crippen LogP contribution in [0.15, 0.2) is 47.9 Å². The summed E-state index contributed by atoms with van der Waals surface area (Å²) in [7, 11) is -1.48. The molecule has 20 heavy (non-hydrogen) atoms. The van der Waals surface area contributed by atoms with Crippen LogP contribution in [0.25, 0.3) is 10.8 Å². The number of aromatic hydroxyl groups is 1. The normalized spacial score (nSPS) is 12.4. The average Bonchev–Trinajstić information content (AvgIpc) is 2.99. The van der Waals surface area contributed by atoms with Crippen LogP contribution >= 0.6 is 11.6 Å². The number of hydrogen-bond donors (Lipinski definition) is 3. The van der Waals surface area contributed by atoms with E-state index in [0.29, 0.717) is 16.1 Å². The number of fused-ring (bicyclic) bond motifs is 1. The smallest absolute Gasteiger partial charge is 0.168 e. The Morgan fingerprint density at radius 2 is 2.05 bits per heavy atom. The van der Waals surface area contributed by atoms with Crippen LogP contribution in [0.2, 0.25) is 5.02 Å². The Bertz CT molecular complexity index is 790. The summed E-state index contributed by atoms with van der Waals surface area (Å²) in [5.41, 5.74) is 0.580. The summed E-state index contributed by atoms with van der Waals surface area (Å²) >= 11 is 5.99. The second kappa shape index (κ2) is 5.15. The molecule has 1 heterocycles. The molecule has 0 aliphatic carbocycles. The number of nitrogens with zero attached hydrogens (tertiary/aromatic N) is 1. The van der Waals surface area contributed by atoms with Crippen molar-refractivity contribution in [2.75, 3.05) is 4.72 Å². The molecule has 102 valence electrons. The Labute approximate surface area is 122 Å². The van der Waals surface area contributed by atoms with Crippen molar-refractivity contribution >= 4 is 39.0 Å². The molecule has 0 saturated heterocycles. The number of phenols is 1. The molecule has 7 heteroatoms. The van der Waals surface area contributed by atoms with Crippen molar-refractivity contribution in [2.45, 2.75) is 5.03 Å². The highest BCUT2D eigenvalue weighted by molar-refractivity contribution is 7.86. The molecule has 5 nitrogen and oxygen atoms in total. The molecule has 0 fully saturated rings. The summed E-state index contributed by atoms with van der Waals surface area (Å²) in [6, 6.07) is 8.75. The number of imidazole rings is 1. The summed E-state index contributed by atoms with van der Waals surface area (Å²) in [4.78, 5) is 6.60. The van der Waals surface area contributed by atoms with Crippen molar-refractivity contribution < 1.29 is 9.32 Å². The van der Waals surface area contributed by atoms with Gasteiger partial charge in [-0.1, -0.05) is 35.9 Å². The van der Waals surface area contributed by atoms with Crippen LogP contribution < -0.4 is 4.72 Å². The van der Waals surface area contributed by atoms with Gasteiger partial charge in [-0.3, -0.25) is 4.72 Å². The standard InChI is InChI=1S/C13H10ClN3O2S/c14-10-5-11(17-20(19)12-6-15-7-16-12)8-3-1-2-4-9(8)13(10)18/h1-7,17-18H,(H,15,16). The van der Waals surface area contributed by atoms with Crippen LogP contribution in [0.5, 0.6) is 5.75 Å². The molecular weight excluding hydrogens is 298 g/mol. The first-order valence-corrected chi connectivity index (χ1v) is 7.26. The maximum absolute atomic E-state index is 12.1. The maximum atomic E-state index is 12.1. The number of benzene rings is 2. The van der Waals surface area contributed by atoms with Crippen molar-refractivity contribution in [3.63, 3.8) is 0 Å². The van der Waals surface area contributed by atoms with E-state index < -0.39 is 11.0 Å². The average molecular weight is 308 g/mol. The fourth-order valence-corrected chi connectivity index (χ4v) is 2.92. The third-order valence-corrected chi connectivity index (χ3v) is 4.16. The van der Waals surface area contributed by atoms with Crippen molar-refractivity contribution in [3.05, 3.63) is 47.9 Å². The summed E-state index contributed by atoms with van der Waals surface area (Å²) in [6.07, 6.45) is 2.93. The molecule has 0 aliphatic rings. The summed E-state index contributed by atoms with van der Waals surface area (Å²) in [5, 5.41) is 11.9. The van der Waals surface area contributed by atoms with E-state index in [1.807, 2.05) is 12.1 Å². The minimum Gasteiger partial charge on any atom is -0.506 e. The lowest BCUT2D eigenvalue weighted by Gasteiger charge is -2.11. The largest absolute Gasteiger partial charge is 0.506 e. The molecule has 0 spiro atoms. The van der Waals surface area contributed by atoms with E-state index in [-0.39, 0.29) is 10.8 Å². The van der Waals surface area contributed by atoms with Crippen molar-refractivity contribution in [2.24, 2.45) is 0 Å². The van der Waals surface area contributed by atoms with Crippen molar-refractivity contribution in [1.82, 2.24) is 9.97 Å². The Hall–Kier alpha value is -2.05. The molecule has 0 amide bonds. The molecule has 2 aromatic carbocycles. The van der Waals surface area contributed by atoms with E-state index in [4.69, 9.17) is 11.6 Å². The summed E-state index contributed by atoms with van der Waals surface area (Å²) in [6.45, 7) is 0. The zero-order valence-electron chi connectivity index (χ0n) is 10.1. The highest BCUT2D eigenvalue weighted by atomic mass is 35.5. The molecule has 3 N–H and O–H groups in total. The number of aromatic amines is 1. The van der Waals surface area contributed by atoms with Crippen LogP contribution in [0, 0.1) is 0 Å². The maximum Gasteiger partial charge on any atom is 0.168 e. The van der Waals surface area contributed by atoms with Gasteiger partial charge in [-0.05, 0) is 6.07 Å². The van der Waals surface area contributed by atoms with Gasteiger partial charge in [0.2, 0.25) is 0 Å². The minimum absolute atomic E-state index is 0.0140. The molecule has 1 aromatic heterocycles. The third kappa shape index (κ3) is 2.23. The van der Waals surface area contributed by atoms with E-state index in [9.17, 15) is 9.32 Å². The Balaban J connectivity index is 2.08. The van der Waals surface area contributed by atoms with E-state index in [0.717, 1.165) is 5.39 Å². The molecule has 0 aliphatic heterocycles. The second-order valence-corrected chi connectivity index (χ2v) is 5.68. The summed E-state index contributed by atoms with van der Waals surface area (Å²) in [5.74, 6) is 0.0140. The van der Waals surface area contributed by atoms with Gasteiger partial charge in [-0.25, -0.2) is 9.19 Å². The van der Waals surface area contributed by atoms with Crippen LogP contribution in [-0.2, 0) is 11.0 Å². The molecular formula is C13H10ClN3O2S. The number of rotatable bonds is 3. The van der Waals surface area contributed by atoms with Crippen LogP contribution in [0.4, 0.5) is 5.69 Å². The first-order chi connectivity index (χ1) is 9.66. The first-order valence-electron chi connectivity index (χ1n) is 5.74. The Morgan fingerprint density at radius 1 is 1.30 bits per heavy atom. The number of hydrogen-bond acceptors (Lipinski definition) is 3. The number of aromatic nitrogens is 2. The van der Waals surface area contributed by atoms with Crippen LogP contribution in [0.1, 0.15) is 0 Å². The van der Waals surface area contributed by atoms with Crippen molar-refractivity contribution in [3.8, 4) is 5.75 Å². The first kappa shape index (κ1) is 13.0. The number of phenolic OH excluding ortho intramolecular Hbond substituents is 1. The Morgan fingerprint density at radius 3 is 2.75 bits per heavy atom. The number of halogens is 1.